The van der Waals surface area contributed by atoms with E-state index >= 15 is 0 Å². The molecule has 2 aromatic rings. The molecule has 0 radical (unpaired) electrons. The Hall–Kier alpha value is -1.36. The van der Waals surface area contributed by atoms with Crippen molar-refractivity contribution in [3.8, 4) is 5.69 Å². The van der Waals surface area contributed by atoms with Gasteiger partial charge < -0.3 is 0 Å². The zero-order chi connectivity index (χ0) is 10.8. The van der Waals surface area contributed by atoms with E-state index in [2.05, 4.69) is 21.0 Å². The van der Waals surface area contributed by atoms with Crippen LogP contribution >= 0.6 is 15.9 Å². The average molecular weight is 268 g/mol. The standard InChI is InChI=1S/C10H10BrN3O/c1-13-10(15)14(7-12-13)9-4-2-3-8(5-9)6-11/h2-5,7H,6H2,1H3. The maximum atomic E-state index is 11.6. The molecule has 78 valence electrons. The quantitative estimate of drug-likeness (QED) is 0.774. The van der Waals surface area contributed by atoms with Gasteiger partial charge in [-0.1, -0.05) is 28.1 Å². The number of rotatable bonds is 2. The maximum Gasteiger partial charge on any atom is 0.350 e. The first-order valence-corrected chi connectivity index (χ1v) is 5.60. The molecule has 0 N–H and O–H groups in total. The fourth-order valence-corrected chi connectivity index (χ4v) is 1.70. The first-order chi connectivity index (χ1) is 7.22. The summed E-state index contributed by atoms with van der Waals surface area (Å²) in [4.78, 5) is 11.6. The Balaban J connectivity index is 2.54. The highest BCUT2D eigenvalue weighted by Gasteiger charge is 2.03. The summed E-state index contributed by atoms with van der Waals surface area (Å²) in [5, 5.41) is 4.68. The van der Waals surface area contributed by atoms with Crippen molar-refractivity contribution in [1.82, 2.24) is 14.3 Å². The van der Waals surface area contributed by atoms with Crippen LogP contribution in [0.4, 0.5) is 0 Å². The minimum absolute atomic E-state index is 0.137. The van der Waals surface area contributed by atoms with E-state index in [-0.39, 0.29) is 5.69 Å². The van der Waals surface area contributed by atoms with Gasteiger partial charge in [-0.05, 0) is 17.7 Å². The number of nitrogens with zero attached hydrogens (tertiary/aromatic N) is 3. The molecule has 5 heteroatoms. The molecule has 0 saturated carbocycles. The summed E-state index contributed by atoms with van der Waals surface area (Å²) in [5.41, 5.74) is 1.83. The lowest BCUT2D eigenvalue weighted by Gasteiger charge is -2.01. The third-order valence-corrected chi connectivity index (χ3v) is 2.81. The topological polar surface area (TPSA) is 39.8 Å². The summed E-state index contributed by atoms with van der Waals surface area (Å²) >= 11 is 3.38. The van der Waals surface area contributed by atoms with Gasteiger partial charge in [0.05, 0.1) is 5.69 Å². The molecule has 0 bridgehead atoms. The smallest absolute Gasteiger partial charge is 0.250 e. The zero-order valence-electron chi connectivity index (χ0n) is 8.22. The van der Waals surface area contributed by atoms with E-state index in [4.69, 9.17) is 0 Å². The van der Waals surface area contributed by atoms with Gasteiger partial charge in [0.1, 0.15) is 6.33 Å². The molecule has 0 amide bonds. The third-order valence-electron chi connectivity index (χ3n) is 2.17. The molecular weight excluding hydrogens is 258 g/mol. The molecule has 0 fully saturated rings. The molecule has 0 aliphatic carbocycles. The second kappa shape index (κ2) is 4.02. The van der Waals surface area contributed by atoms with E-state index in [0.29, 0.717) is 0 Å². The van der Waals surface area contributed by atoms with Crippen LogP contribution in [0, 0.1) is 0 Å². The van der Waals surface area contributed by atoms with Gasteiger partial charge in [0.2, 0.25) is 0 Å². The zero-order valence-corrected chi connectivity index (χ0v) is 9.81. The molecule has 4 nitrogen and oxygen atoms in total. The highest BCUT2D eigenvalue weighted by Crippen LogP contribution is 2.10. The van der Waals surface area contributed by atoms with E-state index < -0.39 is 0 Å². The van der Waals surface area contributed by atoms with Crippen molar-refractivity contribution in [1.29, 1.82) is 0 Å². The van der Waals surface area contributed by atoms with Gasteiger partial charge in [-0.3, -0.25) is 0 Å². The van der Waals surface area contributed by atoms with Crippen molar-refractivity contribution in [3.63, 3.8) is 0 Å². The molecule has 0 saturated heterocycles. The fraction of sp³-hybridized carbons (Fsp3) is 0.200. The van der Waals surface area contributed by atoms with Crippen molar-refractivity contribution in [2.75, 3.05) is 0 Å². The van der Waals surface area contributed by atoms with Gasteiger partial charge in [0.25, 0.3) is 0 Å². The molecule has 0 atom stereocenters. The molecule has 1 aromatic carbocycles. The first kappa shape index (κ1) is 10.2. The minimum atomic E-state index is -0.137. The average Bonchev–Trinajstić information content (AvgIpc) is 2.60. The van der Waals surface area contributed by atoms with Crippen LogP contribution in [-0.4, -0.2) is 14.3 Å². The van der Waals surface area contributed by atoms with Crippen LogP contribution in [0.5, 0.6) is 0 Å². The van der Waals surface area contributed by atoms with Crippen molar-refractivity contribution in [2.24, 2.45) is 7.05 Å². The van der Waals surface area contributed by atoms with Gasteiger partial charge in [-0.25, -0.2) is 14.0 Å². The number of hydrogen-bond acceptors (Lipinski definition) is 2. The van der Waals surface area contributed by atoms with E-state index in [1.807, 2.05) is 24.3 Å². The van der Waals surface area contributed by atoms with E-state index in [1.54, 1.807) is 7.05 Å². The number of benzene rings is 1. The largest absolute Gasteiger partial charge is 0.350 e. The molecule has 2 rings (SSSR count). The maximum absolute atomic E-state index is 11.6. The molecule has 1 aromatic heterocycles. The van der Waals surface area contributed by atoms with Gasteiger partial charge in [0, 0.05) is 12.4 Å². The number of aryl methyl sites for hydroxylation is 1. The van der Waals surface area contributed by atoms with Crippen molar-refractivity contribution < 1.29 is 0 Å². The van der Waals surface area contributed by atoms with Gasteiger partial charge in [0.15, 0.2) is 0 Å². The summed E-state index contributed by atoms with van der Waals surface area (Å²) in [6.45, 7) is 0. The summed E-state index contributed by atoms with van der Waals surface area (Å²) in [7, 11) is 1.63. The summed E-state index contributed by atoms with van der Waals surface area (Å²) < 4.78 is 2.83. The fourth-order valence-electron chi connectivity index (χ4n) is 1.35. The predicted octanol–water partition coefficient (Wildman–Crippen LogP) is 1.47. The second-order valence-corrected chi connectivity index (χ2v) is 3.77. The first-order valence-electron chi connectivity index (χ1n) is 4.48. The Morgan fingerprint density at radius 1 is 1.47 bits per heavy atom. The lowest BCUT2D eigenvalue weighted by Crippen LogP contribution is -2.21. The molecule has 0 unspecified atom stereocenters. The Kier molecular flexibility index (Phi) is 2.73. The lowest BCUT2D eigenvalue weighted by molar-refractivity contribution is 0.726. The number of hydrogen-bond donors (Lipinski definition) is 0. The van der Waals surface area contributed by atoms with Crippen LogP contribution in [-0.2, 0) is 12.4 Å². The normalized spacial score (nSPS) is 10.5. The minimum Gasteiger partial charge on any atom is -0.250 e. The molecule has 15 heavy (non-hydrogen) atoms. The summed E-state index contributed by atoms with van der Waals surface area (Å²) in [6, 6.07) is 7.76. The Bertz CT molecular complexity index is 529. The highest BCUT2D eigenvalue weighted by molar-refractivity contribution is 9.08. The van der Waals surface area contributed by atoms with E-state index in [9.17, 15) is 4.79 Å². The van der Waals surface area contributed by atoms with E-state index in [0.717, 1.165) is 16.6 Å². The van der Waals surface area contributed by atoms with E-state index in [1.165, 1.54) is 15.6 Å². The Morgan fingerprint density at radius 2 is 2.27 bits per heavy atom. The molecular formula is C10H10BrN3O. The van der Waals surface area contributed by atoms with Crippen molar-refractivity contribution in [2.45, 2.75) is 5.33 Å². The SMILES string of the molecule is Cn1ncn(-c2cccc(CBr)c2)c1=O. The summed E-state index contributed by atoms with van der Waals surface area (Å²) in [5.74, 6) is 0. The predicted molar refractivity (Wildman–Crippen MR) is 61.4 cm³/mol. The lowest BCUT2D eigenvalue weighted by atomic mass is 10.2. The van der Waals surface area contributed by atoms with Crippen LogP contribution < -0.4 is 5.69 Å². The van der Waals surface area contributed by atoms with Gasteiger partial charge >= 0.3 is 5.69 Å². The van der Waals surface area contributed by atoms with Gasteiger partial charge in [-0.2, -0.15) is 5.10 Å². The molecule has 0 aliphatic rings. The monoisotopic (exact) mass is 267 g/mol. The number of aromatic nitrogens is 3. The van der Waals surface area contributed by atoms with Crippen molar-refractivity contribution >= 4 is 15.9 Å². The second-order valence-electron chi connectivity index (χ2n) is 3.21. The summed E-state index contributed by atoms with van der Waals surface area (Å²) in [6.07, 6.45) is 1.52. The number of alkyl halides is 1. The van der Waals surface area contributed by atoms with Crippen LogP contribution in [0.1, 0.15) is 5.56 Å². The number of halogens is 1. The van der Waals surface area contributed by atoms with Crippen LogP contribution in [0.2, 0.25) is 0 Å². The highest BCUT2D eigenvalue weighted by atomic mass is 79.9. The van der Waals surface area contributed by atoms with Crippen LogP contribution in [0.25, 0.3) is 5.69 Å². The third kappa shape index (κ3) is 1.87. The molecule has 1 heterocycles. The van der Waals surface area contributed by atoms with Gasteiger partial charge in [-0.15, -0.1) is 0 Å². The Labute approximate surface area is 95.3 Å². The molecule has 0 spiro atoms. The van der Waals surface area contributed by atoms with Crippen molar-refractivity contribution in [3.05, 3.63) is 46.6 Å². The Morgan fingerprint density at radius 3 is 2.87 bits per heavy atom. The molecule has 0 aliphatic heterocycles. The van der Waals surface area contributed by atoms with Crippen LogP contribution in [0.15, 0.2) is 35.4 Å². The van der Waals surface area contributed by atoms with Crippen LogP contribution in [0.3, 0.4) is 0 Å².